The molecule has 0 atom stereocenters. The van der Waals surface area contributed by atoms with Gasteiger partial charge in [0.2, 0.25) is 0 Å². The van der Waals surface area contributed by atoms with Gasteiger partial charge in [-0.3, -0.25) is 18.3 Å². The largest absolute Gasteiger partial charge is 0.331 e. The highest BCUT2D eigenvalue weighted by Gasteiger charge is 2.12. The normalized spacial score (nSPS) is 10.9. The number of thiazole rings is 1. The van der Waals surface area contributed by atoms with Gasteiger partial charge in [-0.25, -0.2) is 9.78 Å². The molecule has 0 amide bonds. The zero-order valence-corrected chi connectivity index (χ0v) is 12.0. The van der Waals surface area contributed by atoms with Gasteiger partial charge in [0.15, 0.2) is 4.96 Å². The summed E-state index contributed by atoms with van der Waals surface area (Å²) in [6, 6.07) is 1.83. The van der Waals surface area contributed by atoms with E-state index in [1.807, 2.05) is 22.0 Å². The van der Waals surface area contributed by atoms with Gasteiger partial charge >= 0.3 is 5.69 Å². The van der Waals surface area contributed by atoms with Crippen LogP contribution in [0.1, 0.15) is 18.2 Å². The molecule has 8 heteroatoms. The number of aromatic nitrogens is 4. The molecule has 3 aromatic rings. The van der Waals surface area contributed by atoms with Gasteiger partial charge in [-0.05, 0) is 6.92 Å². The molecule has 0 fully saturated rings. The Morgan fingerprint density at radius 1 is 1.38 bits per heavy atom. The lowest BCUT2D eigenvalue weighted by atomic mass is 10.3. The predicted molar refractivity (Wildman–Crippen MR) is 77.5 cm³/mol. The molecule has 21 heavy (non-hydrogen) atoms. The smallest absolute Gasteiger partial charge is 0.299 e. The van der Waals surface area contributed by atoms with Crippen LogP contribution in [0.2, 0.25) is 0 Å². The van der Waals surface area contributed by atoms with E-state index in [0.717, 1.165) is 9.53 Å². The van der Waals surface area contributed by atoms with Gasteiger partial charge in [0.25, 0.3) is 5.56 Å². The number of fused-ring (bicyclic) bond motifs is 1. The van der Waals surface area contributed by atoms with Gasteiger partial charge in [0.05, 0.1) is 12.2 Å². The summed E-state index contributed by atoms with van der Waals surface area (Å²) < 4.78 is 4.23. The van der Waals surface area contributed by atoms with E-state index in [1.165, 1.54) is 22.1 Å². The summed E-state index contributed by atoms with van der Waals surface area (Å²) in [5.41, 5.74) is -0.447. The van der Waals surface area contributed by atoms with Crippen LogP contribution in [0.5, 0.6) is 0 Å². The number of hydrogen-bond donors (Lipinski definition) is 0. The summed E-state index contributed by atoms with van der Waals surface area (Å²) in [4.78, 5) is 29.5. The Bertz CT molecular complexity index is 941. The van der Waals surface area contributed by atoms with Gasteiger partial charge in [0, 0.05) is 30.5 Å². The maximum absolute atomic E-state index is 12.2. The Balaban J connectivity index is 2.13. The highest BCUT2D eigenvalue weighted by atomic mass is 32.1. The summed E-state index contributed by atoms with van der Waals surface area (Å²) in [6.07, 6.45) is 4.93. The van der Waals surface area contributed by atoms with Crippen LogP contribution in [0.25, 0.3) is 4.96 Å². The van der Waals surface area contributed by atoms with Gasteiger partial charge in [0.1, 0.15) is 11.6 Å². The van der Waals surface area contributed by atoms with Crippen molar-refractivity contribution in [3.63, 3.8) is 0 Å². The lowest BCUT2D eigenvalue weighted by molar-refractivity contribution is 0.593. The first-order valence-electron chi connectivity index (χ1n) is 6.29. The predicted octanol–water partition coefficient (Wildman–Crippen LogP) is 0.659. The van der Waals surface area contributed by atoms with Crippen molar-refractivity contribution in [3.8, 4) is 6.07 Å². The third-order valence-corrected chi connectivity index (χ3v) is 3.93. The van der Waals surface area contributed by atoms with Gasteiger partial charge < -0.3 is 0 Å². The molecular weight excluding hydrogens is 290 g/mol. The van der Waals surface area contributed by atoms with Crippen molar-refractivity contribution in [2.24, 2.45) is 0 Å². The molecule has 3 aromatic heterocycles. The second kappa shape index (κ2) is 5.03. The van der Waals surface area contributed by atoms with E-state index in [9.17, 15) is 9.59 Å². The first kappa shape index (κ1) is 13.3. The molecule has 0 aromatic carbocycles. The number of nitriles is 1. The number of rotatable bonds is 3. The third-order valence-electron chi connectivity index (χ3n) is 3.16. The molecule has 0 saturated heterocycles. The fraction of sp³-hybridized carbons (Fsp3) is 0.231. The summed E-state index contributed by atoms with van der Waals surface area (Å²) in [5.74, 6) is 0. The van der Waals surface area contributed by atoms with Crippen LogP contribution in [-0.4, -0.2) is 18.5 Å². The van der Waals surface area contributed by atoms with Crippen LogP contribution in [-0.2, 0) is 13.1 Å². The van der Waals surface area contributed by atoms with E-state index in [-0.39, 0.29) is 12.1 Å². The Kier molecular flexibility index (Phi) is 3.19. The summed E-state index contributed by atoms with van der Waals surface area (Å²) in [5, 5.41) is 10.9. The summed E-state index contributed by atoms with van der Waals surface area (Å²) in [6.45, 7) is 2.23. The molecule has 106 valence electrons. The Labute approximate surface area is 123 Å². The maximum atomic E-state index is 12.2. The van der Waals surface area contributed by atoms with Crippen LogP contribution in [0, 0.1) is 11.3 Å². The summed E-state index contributed by atoms with van der Waals surface area (Å²) in [7, 11) is 0. The first-order valence-corrected chi connectivity index (χ1v) is 7.17. The second-order valence-corrected chi connectivity index (χ2v) is 5.31. The van der Waals surface area contributed by atoms with E-state index >= 15 is 0 Å². The van der Waals surface area contributed by atoms with Crippen molar-refractivity contribution in [1.29, 1.82) is 5.26 Å². The number of imidazole rings is 1. The molecule has 0 spiro atoms. The Morgan fingerprint density at radius 2 is 2.19 bits per heavy atom. The summed E-state index contributed by atoms with van der Waals surface area (Å²) >= 11 is 1.47. The molecular formula is C13H11N5O2S. The Hall–Kier alpha value is -2.66. The SMILES string of the molecule is CCn1cc(C#N)c(=O)n(Cc2cn3ccsc3n2)c1=O. The van der Waals surface area contributed by atoms with Crippen LogP contribution >= 0.6 is 11.3 Å². The highest BCUT2D eigenvalue weighted by Crippen LogP contribution is 2.11. The minimum atomic E-state index is -0.580. The second-order valence-electron chi connectivity index (χ2n) is 4.44. The van der Waals surface area contributed by atoms with Crippen molar-refractivity contribution in [3.05, 3.63) is 56.1 Å². The molecule has 0 unspecified atom stereocenters. The topological polar surface area (TPSA) is 85.1 Å². The highest BCUT2D eigenvalue weighted by molar-refractivity contribution is 7.15. The number of aryl methyl sites for hydroxylation is 1. The average molecular weight is 301 g/mol. The fourth-order valence-electron chi connectivity index (χ4n) is 2.11. The molecule has 0 saturated carbocycles. The molecule has 0 N–H and O–H groups in total. The molecule has 0 aliphatic carbocycles. The first-order chi connectivity index (χ1) is 10.1. The number of hydrogen-bond acceptors (Lipinski definition) is 5. The van der Waals surface area contributed by atoms with Crippen molar-refractivity contribution < 1.29 is 0 Å². The fourth-order valence-corrected chi connectivity index (χ4v) is 2.83. The standard InChI is InChI=1S/C13H11N5O2S/c1-2-16-6-9(5-14)11(19)18(13(16)20)8-10-7-17-3-4-21-12(17)15-10/h3-4,6-7H,2,8H2,1H3. The zero-order valence-electron chi connectivity index (χ0n) is 11.2. The molecule has 0 aliphatic heterocycles. The van der Waals surface area contributed by atoms with Gasteiger partial charge in [-0.2, -0.15) is 5.26 Å². The van der Waals surface area contributed by atoms with Crippen molar-refractivity contribution in [2.75, 3.05) is 0 Å². The monoisotopic (exact) mass is 301 g/mol. The van der Waals surface area contributed by atoms with Crippen LogP contribution < -0.4 is 11.2 Å². The van der Waals surface area contributed by atoms with Gasteiger partial charge in [-0.15, -0.1) is 11.3 Å². The molecule has 3 rings (SSSR count). The van der Waals surface area contributed by atoms with Crippen molar-refractivity contribution in [2.45, 2.75) is 20.0 Å². The molecule has 0 radical (unpaired) electrons. The van der Waals surface area contributed by atoms with Crippen molar-refractivity contribution in [1.82, 2.24) is 18.5 Å². The Morgan fingerprint density at radius 3 is 2.86 bits per heavy atom. The lowest BCUT2D eigenvalue weighted by Crippen LogP contribution is -2.41. The van der Waals surface area contributed by atoms with Gasteiger partial charge in [-0.1, -0.05) is 0 Å². The van der Waals surface area contributed by atoms with E-state index in [2.05, 4.69) is 4.98 Å². The van der Waals surface area contributed by atoms with Crippen LogP contribution in [0.3, 0.4) is 0 Å². The molecule has 3 heterocycles. The molecule has 7 nitrogen and oxygen atoms in total. The quantitative estimate of drug-likeness (QED) is 0.711. The van der Waals surface area contributed by atoms with Crippen LogP contribution in [0.4, 0.5) is 0 Å². The lowest BCUT2D eigenvalue weighted by Gasteiger charge is -2.07. The maximum Gasteiger partial charge on any atom is 0.331 e. The van der Waals surface area contributed by atoms with E-state index in [0.29, 0.717) is 12.2 Å². The van der Waals surface area contributed by atoms with E-state index in [4.69, 9.17) is 5.26 Å². The average Bonchev–Trinajstić information content (AvgIpc) is 3.05. The minimum absolute atomic E-state index is 0.0440. The van der Waals surface area contributed by atoms with Crippen molar-refractivity contribution >= 4 is 16.3 Å². The molecule has 0 bridgehead atoms. The zero-order chi connectivity index (χ0) is 15.0. The van der Waals surface area contributed by atoms with E-state index < -0.39 is 11.2 Å². The third kappa shape index (κ3) is 2.17. The number of nitrogens with zero attached hydrogens (tertiary/aromatic N) is 5. The van der Waals surface area contributed by atoms with Crippen LogP contribution in [0.15, 0.2) is 33.6 Å². The minimum Gasteiger partial charge on any atom is -0.299 e. The molecule has 0 aliphatic rings. The van der Waals surface area contributed by atoms with E-state index in [1.54, 1.807) is 13.1 Å².